The summed E-state index contributed by atoms with van der Waals surface area (Å²) in [6.45, 7) is 4.42. The SMILES string of the molecule is CCCCCCCCC=CCCCCCCCC(=O)OCC(COC(=O)CCCCCCCC=CCCCCCCCC)NS(=O)(=O)OCCN(C)C. The molecule has 0 aliphatic carbocycles. The smallest absolute Gasteiger partial charge is 0.336 e. The highest BCUT2D eigenvalue weighted by atomic mass is 32.2. The lowest BCUT2D eigenvalue weighted by atomic mass is 10.1. The molecule has 0 aromatic rings. The third-order valence-corrected chi connectivity index (χ3v) is 10.4. The number of carbonyl (C=O) groups excluding carboxylic acids is 2. The predicted octanol–water partition coefficient (Wildman–Crippen LogP) is 10.9. The zero-order valence-corrected chi connectivity index (χ0v) is 35.5. The number of rotatable bonds is 40. The summed E-state index contributed by atoms with van der Waals surface area (Å²) in [5, 5.41) is 0. The van der Waals surface area contributed by atoms with Gasteiger partial charge < -0.3 is 14.4 Å². The van der Waals surface area contributed by atoms with Crippen LogP contribution in [0.4, 0.5) is 0 Å². The van der Waals surface area contributed by atoms with E-state index in [0.29, 0.717) is 6.54 Å². The summed E-state index contributed by atoms with van der Waals surface area (Å²) < 4.78 is 43.3. The minimum atomic E-state index is -4.13. The van der Waals surface area contributed by atoms with E-state index in [4.69, 9.17) is 13.7 Å². The summed E-state index contributed by atoms with van der Waals surface area (Å²) in [5.41, 5.74) is 0. The topological polar surface area (TPSA) is 111 Å². The molecule has 0 amide bonds. The first kappa shape index (κ1) is 51.2. The fraction of sp³-hybridized carbons (Fsp3) is 0.860. The lowest BCUT2D eigenvalue weighted by molar-refractivity contribution is -0.147. The van der Waals surface area contributed by atoms with E-state index in [-0.39, 0.29) is 44.6 Å². The van der Waals surface area contributed by atoms with Crippen molar-refractivity contribution >= 4 is 22.2 Å². The number of ether oxygens (including phenoxy) is 2. The summed E-state index contributed by atoms with van der Waals surface area (Å²) in [7, 11) is -0.495. The van der Waals surface area contributed by atoms with Crippen LogP contribution in [0.2, 0.25) is 0 Å². The van der Waals surface area contributed by atoms with E-state index in [0.717, 1.165) is 77.0 Å². The molecule has 0 aliphatic heterocycles. The quantitative estimate of drug-likeness (QED) is 0.0372. The van der Waals surface area contributed by atoms with Crippen molar-refractivity contribution in [1.82, 2.24) is 9.62 Å². The van der Waals surface area contributed by atoms with Crippen molar-refractivity contribution in [3.63, 3.8) is 0 Å². The number of nitrogens with one attached hydrogen (secondary N) is 1. The van der Waals surface area contributed by atoms with Crippen LogP contribution in [0.15, 0.2) is 24.3 Å². The van der Waals surface area contributed by atoms with E-state index in [9.17, 15) is 18.0 Å². The molecule has 312 valence electrons. The fourth-order valence-electron chi connectivity index (χ4n) is 5.90. The third kappa shape index (κ3) is 39.7. The van der Waals surface area contributed by atoms with Crippen molar-refractivity contribution in [2.45, 2.75) is 200 Å². The Morgan fingerprint density at radius 2 is 0.887 bits per heavy atom. The standard InChI is InChI=1S/C43H82N2O7S/c1-5-7-9-11-13-15-17-19-21-23-25-27-29-31-33-35-42(46)50-39-41(44-53(48,49)52-38-37-45(3)4)40-51-43(47)36-34-32-30-28-26-24-22-20-18-16-14-12-10-8-6-2/h19-22,41,44H,5-18,23-40H2,1-4H3. The molecule has 1 N–H and O–H groups in total. The van der Waals surface area contributed by atoms with Gasteiger partial charge in [0.05, 0.1) is 12.6 Å². The Morgan fingerprint density at radius 3 is 1.25 bits per heavy atom. The molecule has 0 saturated carbocycles. The van der Waals surface area contributed by atoms with Gasteiger partial charge in [-0.25, -0.2) is 0 Å². The van der Waals surface area contributed by atoms with Crippen LogP contribution in [0.3, 0.4) is 0 Å². The van der Waals surface area contributed by atoms with Crippen LogP contribution < -0.4 is 4.72 Å². The molecule has 0 aromatic carbocycles. The molecule has 53 heavy (non-hydrogen) atoms. The van der Waals surface area contributed by atoms with E-state index in [1.807, 2.05) is 14.1 Å². The molecule has 0 aromatic heterocycles. The number of hydrogen-bond acceptors (Lipinski definition) is 8. The van der Waals surface area contributed by atoms with Crippen LogP contribution in [0.25, 0.3) is 0 Å². The Labute approximate surface area is 327 Å². The largest absolute Gasteiger partial charge is 0.464 e. The molecule has 0 fully saturated rings. The second kappa shape index (κ2) is 38.5. The van der Waals surface area contributed by atoms with Crippen molar-refractivity contribution in [3.05, 3.63) is 24.3 Å². The number of esters is 2. The first-order valence-corrected chi connectivity index (χ1v) is 23.0. The van der Waals surface area contributed by atoms with Gasteiger partial charge in [-0.05, 0) is 78.3 Å². The minimum absolute atomic E-state index is 0.0282. The van der Waals surface area contributed by atoms with Crippen molar-refractivity contribution in [2.75, 3.05) is 40.5 Å². The van der Waals surface area contributed by atoms with Crippen LogP contribution >= 0.6 is 0 Å². The molecule has 0 heterocycles. The molecule has 0 atom stereocenters. The Hall–Kier alpha value is -1.75. The summed E-state index contributed by atoms with van der Waals surface area (Å²) in [4.78, 5) is 26.7. The van der Waals surface area contributed by atoms with Crippen molar-refractivity contribution in [2.24, 2.45) is 0 Å². The maximum atomic E-state index is 12.5. The summed E-state index contributed by atoms with van der Waals surface area (Å²) in [6.07, 6.45) is 40.4. The summed E-state index contributed by atoms with van der Waals surface area (Å²) in [5.74, 6) is -0.778. The Morgan fingerprint density at radius 1 is 0.547 bits per heavy atom. The normalized spacial score (nSPS) is 12.7. The van der Waals surface area contributed by atoms with Crippen LogP contribution in [0.1, 0.15) is 194 Å². The van der Waals surface area contributed by atoms with E-state index in [1.165, 1.54) is 89.9 Å². The molecule has 0 bridgehead atoms. The summed E-state index contributed by atoms with van der Waals surface area (Å²) >= 11 is 0. The molecule has 0 aliphatic rings. The van der Waals surface area contributed by atoms with Crippen LogP contribution in [0, 0.1) is 0 Å². The van der Waals surface area contributed by atoms with Gasteiger partial charge in [-0.1, -0.05) is 141 Å². The van der Waals surface area contributed by atoms with Gasteiger partial charge in [0.15, 0.2) is 0 Å². The van der Waals surface area contributed by atoms with Gasteiger partial charge in [0.2, 0.25) is 0 Å². The number of hydrogen-bond donors (Lipinski definition) is 1. The van der Waals surface area contributed by atoms with Crippen molar-refractivity contribution in [3.8, 4) is 0 Å². The molecule has 10 heteroatoms. The van der Waals surface area contributed by atoms with Crippen LogP contribution in [-0.2, 0) is 33.6 Å². The van der Waals surface area contributed by atoms with E-state index in [2.05, 4.69) is 42.9 Å². The van der Waals surface area contributed by atoms with Gasteiger partial charge in [-0.3, -0.25) is 13.8 Å². The van der Waals surface area contributed by atoms with E-state index >= 15 is 0 Å². The predicted molar refractivity (Wildman–Crippen MR) is 221 cm³/mol. The first-order valence-electron chi connectivity index (χ1n) is 21.6. The van der Waals surface area contributed by atoms with E-state index < -0.39 is 16.3 Å². The number of carbonyl (C=O) groups is 2. The van der Waals surface area contributed by atoms with Gasteiger partial charge in [0.1, 0.15) is 13.2 Å². The Balaban J connectivity index is 4.27. The third-order valence-electron chi connectivity index (χ3n) is 9.26. The van der Waals surface area contributed by atoms with Crippen molar-refractivity contribution < 1.29 is 31.7 Å². The maximum Gasteiger partial charge on any atom is 0.336 e. The second-order valence-corrected chi connectivity index (χ2v) is 16.3. The molecule has 0 saturated heterocycles. The number of allylic oxidation sites excluding steroid dienone is 4. The number of unbranched alkanes of at least 4 members (excludes halogenated alkanes) is 22. The monoisotopic (exact) mass is 771 g/mol. The van der Waals surface area contributed by atoms with Crippen LogP contribution in [-0.4, -0.2) is 71.8 Å². The average Bonchev–Trinajstić information content (AvgIpc) is 3.12. The lowest BCUT2D eigenvalue weighted by Gasteiger charge is -2.19. The average molecular weight is 771 g/mol. The Kier molecular flexibility index (Phi) is 37.2. The lowest BCUT2D eigenvalue weighted by Crippen LogP contribution is -2.43. The van der Waals surface area contributed by atoms with Gasteiger partial charge in [0, 0.05) is 19.4 Å². The zero-order chi connectivity index (χ0) is 39.1. The molecular formula is C43H82N2O7S. The highest BCUT2D eigenvalue weighted by Gasteiger charge is 2.22. The molecule has 0 spiro atoms. The molecule has 0 radical (unpaired) electrons. The van der Waals surface area contributed by atoms with E-state index in [1.54, 1.807) is 4.90 Å². The number of likely N-dealkylation sites (N-methyl/N-ethyl adjacent to an activating group) is 1. The maximum absolute atomic E-state index is 12.5. The molecule has 9 nitrogen and oxygen atoms in total. The van der Waals surface area contributed by atoms with Gasteiger partial charge in [-0.15, -0.1) is 0 Å². The molecule has 0 rings (SSSR count). The fourth-order valence-corrected chi connectivity index (χ4v) is 6.80. The minimum Gasteiger partial charge on any atom is -0.464 e. The van der Waals surface area contributed by atoms with Crippen molar-refractivity contribution in [1.29, 1.82) is 0 Å². The zero-order valence-electron chi connectivity index (χ0n) is 34.7. The Bertz CT molecular complexity index is 945. The highest BCUT2D eigenvalue weighted by Crippen LogP contribution is 2.12. The summed E-state index contributed by atoms with van der Waals surface area (Å²) in [6, 6.07) is -0.935. The molecule has 0 unspecified atom stereocenters. The van der Waals surface area contributed by atoms with Gasteiger partial charge >= 0.3 is 22.2 Å². The van der Waals surface area contributed by atoms with Gasteiger partial charge in [0.25, 0.3) is 0 Å². The number of nitrogens with zero attached hydrogens (tertiary/aromatic N) is 1. The van der Waals surface area contributed by atoms with Gasteiger partial charge in [-0.2, -0.15) is 13.1 Å². The highest BCUT2D eigenvalue weighted by molar-refractivity contribution is 7.84. The first-order chi connectivity index (χ1) is 25.7. The van der Waals surface area contributed by atoms with Crippen LogP contribution in [0.5, 0.6) is 0 Å². The molecular weight excluding hydrogens is 689 g/mol. The second-order valence-electron chi connectivity index (χ2n) is 14.9.